The van der Waals surface area contributed by atoms with E-state index in [0.717, 1.165) is 44.5 Å². The molecule has 0 amide bonds. The average molecular weight is 431 g/mol. The van der Waals surface area contributed by atoms with Gasteiger partial charge in [-0.1, -0.05) is 18.2 Å². The van der Waals surface area contributed by atoms with Crippen molar-refractivity contribution < 1.29 is 15.0 Å². The van der Waals surface area contributed by atoms with Crippen LogP contribution >= 0.6 is 0 Å². The Balaban J connectivity index is 1.46. The van der Waals surface area contributed by atoms with E-state index in [4.69, 9.17) is 5.73 Å². The summed E-state index contributed by atoms with van der Waals surface area (Å²) in [4.78, 5) is 13.7. The highest BCUT2D eigenvalue weighted by Gasteiger charge is 2.31. The number of anilines is 2. The van der Waals surface area contributed by atoms with Crippen LogP contribution in [0.5, 0.6) is 5.75 Å². The van der Waals surface area contributed by atoms with Gasteiger partial charge in [0.15, 0.2) is 5.82 Å². The number of aromatic hydroxyl groups is 1. The van der Waals surface area contributed by atoms with E-state index < -0.39 is 5.97 Å². The van der Waals surface area contributed by atoms with Crippen molar-refractivity contribution in [3.63, 3.8) is 0 Å². The Kier molecular flexibility index (Phi) is 5.17. The van der Waals surface area contributed by atoms with Crippen LogP contribution in [0.25, 0.3) is 11.3 Å². The first-order chi connectivity index (χ1) is 15.5. The summed E-state index contributed by atoms with van der Waals surface area (Å²) < 4.78 is 0. The van der Waals surface area contributed by atoms with Crippen LogP contribution in [0.4, 0.5) is 11.5 Å². The summed E-state index contributed by atoms with van der Waals surface area (Å²) >= 11 is 0. The van der Waals surface area contributed by atoms with Gasteiger partial charge in [-0.15, -0.1) is 10.2 Å². The molecule has 2 heterocycles. The van der Waals surface area contributed by atoms with Crippen LogP contribution in [0, 0.1) is 0 Å². The van der Waals surface area contributed by atoms with Crippen LogP contribution in [-0.2, 0) is 0 Å². The summed E-state index contributed by atoms with van der Waals surface area (Å²) in [6.45, 7) is 1.64. The maximum atomic E-state index is 11.5. The third-order valence-electron chi connectivity index (χ3n) is 6.53. The normalized spacial score (nSPS) is 18.5. The van der Waals surface area contributed by atoms with Gasteiger partial charge in [-0.2, -0.15) is 0 Å². The van der Waals surface area contributed by atoms with Crippen molar-refractivity contribution >= 4 is 17.5 Å². The summed E-state index contributed by atoms with van der Waals surface area (Å²) in [6, 6.07) is 14.6. The second kappa shape index (κ2) is 8.15. The van der Waals surface area contributed by atoms with E-state index in [2.05, 4.69) is 15.1 Å². The van der Waals surface area contributed by atoms with Crippen LogP contribution in [-0.4, -0.2) is 39.5 Å². The molecule has 32 heavy (non-hydrogen) atoms. The monoisotopic (exact) mass is 430 g/mol. The topological polar surface area (TPSA) is 113 Å². The number of piperidine rings is 1. The molecule has 2 aliphatic rings. The van der Waals surface area contributed by atoms with Crippen LogP contribution in [0.3, 0.4) is 0 Å². The van der Waals surface area contributed by atoms with Gasteiger partial charge in [0.1, 0.15) is 5.75 Å². The molecule has 2 fully saturated rings. The van der Waals surface area contributed by atoms with E-state index in [0.29, 0.717) is 34.5 Å². The highest BCUT2D eigenvalue weighted by atomic mass is 16.4. The highest BCUT2D eigenvalue weighted by Crippen LogP contribution is 2.45. The van der Waals surface area contributed by atoms with Gasteiger partial charge in [-0.05, 0) is 73.1 Å². The predicted octanol–water partition coefficient (Wildman–Crippen LogP) is 4.39. The lowest BCUT2D eigenvalue weighted by atomic mass is 9.85. The fourth-order valence-corrected chi connectivity index (χ4v) is 4.74. The number of nitrogens with two attached hydrogens (primary N) is 1. The van der Waals surface area contributed by atoms with E-state index in [1.807, 2.05) is 30.3 Å². The molecule has 1 aliphatic carbocycles. The molecular formula is C25H26N4O3. The Morgan fingerprint density at radius 2 is 1.81 bits per heavy atom. The number of phenols is 1. The largest absolute Gasteiger partial charge is 0.507 e. The molecule has 0 radical (unpaired) electrons. The fourth-order valence-electron chi connectivity index (χ4n) is 4.74. The van der Waals surface area contributed by atoms with Gasteiger partial charge in [0, 0.05) is 24.6 Å². The van der Waals surface area contributed by atoms with Crippen LogP contribution in [0.2, 0.25) is 0 Å². The summed E-state index contributed by atoms with van der Waals surface area (Å²) in [5.74, 6) is 0.412. The Morgan fingerprint density at radius 1 is 1.00 bits per heavy atom. The van der Waals surface area contributed by atoms with Gasteiger partial charge in [-0.3, -0.25) is 0 Å². The van der Waals surface area contributed by atoms with Crippen LogP contribution in [0.1, 0.15) is 59.0 Å². The van der Waals surface area contributed by atoms with Crippen LogP contribution in [0.15, 0.2) is 48.5 Å². The number of phenolic OH excluding ortho intramolecular Hbond substituents is 1. The summed E-state index contributed by atoms with van der Waals surface area (Å²) in [5.41, 5.74) is 11.0. The summed E-state index contributed by atoms with van der Waals surface area (Å²) in [5, 5.41) is 28.0. The van der Waals surface area contributed by atoms with Crippen molar-refractivity contribution in [1.82, 2.24) is 10.2 Å². The first-order valence-corrected chi connectivity index (χ1v) is 11.0. The van der Waals surface area contributed by atoms with Crippen molar-refractivity contribution in [3.8, 4) is 17.0 Å². The lowest BCUT2D eigenvalue weighted by molar-refractivity contribution is 0.0696. The minimum atomic E-state index is -0.879. The van der Waals surface area contributed by atoms with Gasteiger partial charge in [-0.25, -0.2) is 4.79 Å². The maximum absolute atomic E-state index is 11.5. The molecule has 1 aromatic heterocycles. The number of benzene rings is 2. The number of hydrogen-bond donors (Lipinski definition) is 3. The zero-order valence-electron chi connectivity index (χ0n) is 17.7. The SMILES string of the molecule is Nc1nnc(-c2ccccc2O)cc1N1CCC[C@H](c2ccc(C(=O)O)cc2C2CC2)C1. The van der Waals surface area contributed by atoms with Crippen LogP contribution < -0.4 is 10.6 Å². The lowest BCUT2D eigenvalue weighted by Gasteiger charge is -2.36. The van der Waals surface area contributed by atoms with Gasteiger partial charge >= 0.3 is 5.97 Å². The third kappa shape index (κ3) is 3.86. The Hall–Kier alpha value is -3.61. The molecule has 164 valence electrons. The third-order valence-corrected chi connectivity index (χ3v) is 6.53. The van der Waals surface area contributed by atoms with Crippen molar-refractivity contribution in [3.05, 3.63) is 65.2 Å². The number of carboxylic acid groups (broad SMARTS) is 1. The summed E-state index contributed by atoms with van der Waals surface area (Å²) in [6.07, 6.45) is 4.30. The molecule has 0 spiro atoms. The standard InChI is InChI=1S/C25H26N4O3/c26-24-22(13-21(27-28-24)19-5-1-2-6-23(19)30)29-11-3-4-17(14-29)18-10-9-16(25(31)32)12-20(18)15-7-8-15/h1-2,5-6,9-10,12-13,15,17,30H,3-4,7-8,11,14H2,(H2,26,28)(H,31,32)/t17-/m0/s1. The lowest BCUT2D eigenvalue weighted by Crippen LogP contribution is -2.35. The number of aromatic carboxylic acids is 1. The molecule has 1 aliphatic heterocycles. The van der Waals surface area contributed by atoms with Gasteiger partial charge < -0.3 is 20.8 Å². The number of carbonyl (C=O) groups is 1. The first-order valence-electron chi connectivity index (χ1n) is 11.0. The van der Waals surface area contributed by atoms with Gasteiger partial charge in [0.25, 0.3) is 0 Å². The van der Waals surface area contributed by atoms with Crippen molar-refractivity contribution in [2.75, 3.05) is 23.7 Å². The number of hydrogen-bond acceptors (Lipinski definition) is 6. The molecule has 4 N–H and O–H groups in total. The number of carboxylic acids is 1. The second-order valence-corrected chi connectivity index (χ2v) is 8.73. The maximum Gasteiger partial charge on any atom is 0.335 e. The summed E-state index contributed by atoms with van der Waals surface area (Å²) in [7, 11) is 0. The molecule has 2 aromatic carbocycles. The number of nitrogens with zero attached hydrogens (tertiary/aromatic N) is 3. The number of para-hydroxylation sites is 1. The van der Waals surface area contributed by atoms with E-state index in [1.54, 1.807) is 18.2 Å². The molecule has 7 nitrogen and oxygen atoms in total. The average Bonchev–Trinajstić information content (AvgIpc) is 3.65. The van der Waals surface area contributed by atoms with Gasteiger partial charge in [0.2, 0.25) is 0 Å². The molecular weight excluding hydrogens is 404 g/mol. The van der Waals surface area contributed by atoms with E-state index in [9.17, 15) is 15.0 Å². The molecule has 7 heteroatoms. The Labute approximate surface area is 186 Å². The minimum absolute atomic E-state index is 0.154. The first kappa shape index (κ1) is 20.3. The smallest absolute Gasteiger partial charge is 0.335 e. The van der Waals surface area contributed by atoms with Crippen molar-refractivity contribution in [1.29, 1.82) is 0 Å². The molecule has 1 atom stereocenters. The Bertz CT molecular complexity index is 1180. The highest BCUT2D eigenvalue weighted by molar-refractivity contribution is 5.88. The molecule has 0 unspecified atom stereocenters. The molecule has 1 saturated heterocycles. The van der Waals surface area contributed by atoms with E-state index in [1.165, 1.54) is 11.1 Å². The zero-order valence-corrected chi connectivity index (χ0v) is 17.7. The number of aromatic nitrogens is 2. The minimum Gasteiger partial charge on any atom is -0.507 e. The second-order valence-electron chi connectivity index (χ2n) is 8.73. The van der Waals surface area contributed by atoms with Gasteiger partial charge in [0.05, 0.1) is 16.9 Å². The number of nitrogen functional groups attached to an aromatic ring is 1. The zero-order chi connectivity index (χ0) is 22.2. The van der Waals surface area contributed by atoms with E-state index >= 15 is 0 Å². The Morgan fingerprint density at radius 3 is 2.56 bits per heavy atom. The number of rotatable bonds is 5. The quantitative estimate of drug-likeness (QED) is 0.550. The molecule has 0 bridgehead atoms. The predicted molar refractivity (Wildman–Crippen MR) is 123 cm³/mol. The van der Waals surface area contributed by atoms with Crippen molar-refractivity contribution in [2.24, 2.45) is 0 Å². The van der Waals surface area contributed by atoms with Crippen molar-refractivity contribution in [2.45, 2.75) is 37.5 Å². The molecule has 1 saturated carbocycles. The fraction of sp³-hybridized carbons (Fsp3) is 0.320. The molecule has 3 aromatic rings. The molecule has 5 rings (SSSR count). The van der Waals surface area contributed by atoms with E-state index in [-0.39, 0.29) is 5.75 Å².